The first-order valence-electron chi connectivity index (χ1n) is 5.22. The molecule has 1 saturated heterocycles. The smallest absolute Gasteiger partial charge is 0.317 e. The van der Waals surface area contributed by atoms with Crippen LogP contribution in [-0.4, -0.2) is 55.0 Å². The Morgan fingerprint density at radius 1 is 1.56 bits per heavy atom. The molecule has 1 atom stereocenters. The standard InChI is InChI=1S/C10H17NO4S/c1-2-5-11(7-10(12)13)9-4-3-6-16(14,15)8-9/h2,9H,1,3-8H2,(H,12,13). The molecule has 6 heteroatoms. The van der Waals surface area contributed by atoms with Crippen LogP contribution >= 0.6 is 0 Å². The number of sulfone groups is 1. The Labute approximate surface area is 95.7 Å². The minimum absolute atomic E-state index is 0.0636. The van der Waals surface area contributed by atoms with Gasteiger partial charge in [0.1, 0.15) is 0 Å². The molecule has 0 aliphatic carbocycles. The van der Waals surface area contributed by atoms with Crippen LogP contribution in [-0.2, 0) is 14.6 Å². The summed E-state index contributed by atoms with van der Waals surface area (Å²) in [6, 6.07) is -0.187. The molecule has 5 nitrogen and oxygen atoms in total. The number of rotatable bonds is 5. The summed E-state index contributed by atoms with van der Waals surface area (Å²) >= 11 is 0. The quantitative estimate of drug-likeness (QED) is 0.699. The van der Waals surface area contributed by atoms with Gasteiger partial charge in [-0.25, -0.2) is 8.42 Å². The summed E-state index contributed by atoms with van der Waals surface area (Å²) in [6.45, 7) is 3.83. The third-order valence-electron chi connectivity index (χ3n) is 2.66. The molecule has 0 aromatic heterocycles. The van der Waals surface area contributed by atoms with Crippen LogP contribution in [0.2, 0.25) is 0 Å². The monoisotopic (exact) mass is 247 g/mol. The fourth-order valence-corrected chi connectivity index (χ4v) is 3.71. The summed E-state index contributed by atoms with van der Waals surface area (Å²) in [5, 5.41) is 8.75. The van der Waals surface area contributed by atoms with Gasteiger partial charge in [-0.3, -0.25) is 9.69 Å². The molecule has 1 rings (SSSR count). The van der Waals surface area contributed by atoms with E-state index in [1.54, 1.807) is 11.0 Å². The number of carboxylic acid groups (broad SMARTS) is 1. The molecule has 1 unspecified atom stereocenters. The van der Waals surface area contributed by atoms with E-state index < -0.39 is 15.8 Å². The van der Waals surface area contributed by atoms with E-state index in [1.807, 2.05) is 0 Å². The fraction of sp³-hybridized carbons (Fsp3) is 0.700. The molecule has 1 fully saturated rings. The molecule has 16 heavy (non-hydrogen) atoms. The zero-order valence-electron chi connectivity index (χ0n) is 9.13. The lowest BCUT2D eigenvalue weighted by Crippen LogP contribution is -2.45. The van der Waals surface area contributed by atoms with Crippen LogP contribution in [0.4, 0.5) is 0 Å². The Hall–Kier alpha value is -0.880. The molecular formula is C10H17NO4S. The second-order valence-corrected chi connectivity index (χ2v) is 6.25. The molecule has 1 heterocycles. The average Bonchev–Trinajstić information content (AvgIpc) is 2.15. The highest BCUT2D eigenvalue weighted by molar-refractivity contribution is 7.91. The summed E-state index contributed by atoms with van der Waals surface area (Å²) in [4.78, 5) is 12.3. The molecule has 0 spiro atoms. The van der Waals surface area contributed by atoms with E-state index in [0.717, 1.165) is 6.42 Å². The van der Waals surface area contributed by atoms with Crippen LogP contribution < -0.4 is 0 Å². The lowest BCUT2D eigenvalue weighted by molar-refractivity contribution is -0.138. The first kappa shape index (κ1) is 13.2. The van der Waals surface area contributed by atoms with E-state index in [0.29, 0.717) is 13.0 Å². The van der Waals surface area contributed by atoms with Gasteiger partial charge in [0.25, 0.3) is 0 Å². The van der Waals surface area contributed by atoms with E-state index in [1.165, 1.54) is 0 Å². The van der Waals surface area contributed by atoms with Crippen LogP contribution in [0.5, 0.6) is 0 Å². The van der Waals surface area contributed by atoms with Gasteiger partial charge in [-0.05, 0) is 12.8 Å². The van der Waals surface area contributed by atoms with Gasteiger partial charge in [0.2, 0.25) is 0 Å². The lowest BCUT2D eigenvalue weighted by Gasteiger charge is -2.32. The number of carboxylic acids is 1. The molecule has 0 saturated carbocycles. The third kappa shape index (κ3) is 3.94. The van der Waals surface area contributed by atoms with Crippen molar-refractivity contribution in [3.63, 3.8) is 0 Å². The first-order chi connectivity index (χ1) is 7.44. The van der Waals surface area contributed by atoms with Gasteiger partial charge in [0.05, 0.1) is 18.1 Å². The second kappa shape index (κ2) is 5.45. The topological polar surface area (TPSA) is 74.7 Å². The molecule has 0 aromatic carbocycles. The Morgan fingerprint density at radius 3 is 2.75 bits per heavy atom. The van der Waals surface area contributed by atoms with Crippen molar-refractivity contribution in [2.75, 3.05) is 24.6 Å². The van der Waals surface area contributed by atoms with Crippen molar-refractivity contribution in [3.8, 4) is 0 Å². The summed E-state index contributed by atoms with van der Waals surface area (Å²) in [5.41, 5.74) is 0. The van der Waals surface area contributed by atoms with E-state index >= 15 is 0 Å². The Morgan fingerprint density at radius 2 is 2.25 bits per heavy atom. The van der Waals surface area contributed by atoms with Crippen molar-refractivity contribution in [2.24, 2.45) is 0 Å². The average molecular weight is 247 g/mol. The molecule has 92 valence electrons. The highest BCUT2D eigenvalue weighted by Crippen LogP contribution is 2.17. The van der Waals surface area contributed by atoms with E-state index in [9.17, 15) is 13.2 Å². The van der Waals surface area contributed by atoms with Crippen LogP contribution in [0, 0.1) is 0 Å². The highest BCUT2D eigenvalue weighted by Gasteiger charge is 2.29. The van der Waals surface area contributed by atoms with Gasteiger partial charge < -0.3 is 5.11 Å². The van der Waals surface area contributed by atoms with Gasteiger partial charge in [0, 0.05) is 12.6 Å². The number of carbonyl (C=O) groups is 1. The van der Waals surface area contributed by atoms with Gasteiger partial charge in [-0.15, -0.1) is 6.58 Å². The van der Waals surface area contributed by atoms with Gasteiger partial charge in [-0.2, -0.15) is 0 Å². The fourth-order valence-electron chi connectivity index (χ4n) is 1.97. The Kier molecular flexibility index (Phi) is 4.49. The van der Waals surface area contributed by atoms with Crippen molar-refractivity contribution >= 4 is 15.8 Å². The normalized spacial score (nSPS) is 24.2. The molecule has 0 bridgehead atoms. The number of aliphatic carboxylic acids is 1. The van der Waals surface area contributed by atoms with Crippen molar-refractivity contribution < 1.29 is 18.3 Å². The predicted octanol–water partition coefficient (Wildman–Crippen LogP) is 0.136. The van der Waals surface area contributed by atoms with Gasteiger partial charge in [-0.1, -0.05) is 6.08 Å². The summed E-state index contributed by atoms with van der Waals surface area (Å²) < 4.78 is 22.9. The minimum Gasteiger partial charge on any atom is -0.480 e. The van der Waals surface area contributed by atoms with Crippen molar-refractivity contribution in [1.29, 1.82) is 0 Å². The Bertz CT molecular complexity index is 363. The maximum atomic E-state index is 11.5. The SMILES string of the molecule is C=CCN(CC(=O)O)C1CCCS(=O)(=O)C1. The van der Waals surface area contributed by atoms with Crippen LogP contribution in [0.3, 0.4) is 0 Å². The van der Waals surface area contributed by atoms with E-state index in [2.05, 4.69) is 6.58 Å². The number of hydrogen-bond acceptors (Lipinski definition) is 4. The van der Waals surface area contributed by atoms with E-state index in [4.69, 9.17) is 5.11 Å². The van der Waals surface area contributed by atoms with Gasteiger partial charge in [0.15, 0.2) is 9.84 Å². The predicted molar refractivity (Wildman–Crippen MR) is 61.1 cm³/mol. The lowest BCUT2D eigenvalue weighted by atomic mass is 10.1. The van der Waals surface area contributed by atoms with Crippen molar-refractivity contribution in [3.05, 3.63) is 12.7 Å². The molecule has 1 aliphatic heterocycles. The van der Waals surface area contributed by atoms with E-state index in [-0.39, 0.29) is 24.1 Å². The first-order valence-corrected chi connectivity index (χ1v) is 7.04. The highest BCUT2D eigenvalue weighted by atomic mass is 32.2. The van der Waals surface area contributed by atoms with Crippen molar-refractivity contribution in [2.45, 2.75) is 18.9 Å². The maximum Gasteiger partial charge on any atom is 0.317 e. The summed E-state index contributed by atoms with van der Waals surface area (Å²) in [7, 11) is -3.00. The van der Waals surface area contributed by atoms with Crippen LogP contribution in [0.25, 0.3) is 0 Å². The molecular weight excluding hydrogens is 230 g/mol. The second-order valence-electron chi connectivity index (χ2n) is 4.02. The summed E-state index contributed by atoms with van der Waals surface area (Å²) in [6.07, 6.45) is 2.95. The molecule has 1 N–H and O–H groups in total. The maximum absolute atomic E-state index is 11.5. The largest absolute Gasteiger partial charge is 0.480 e. The molecule has 0 radical (unpaired) electrons. The van der Waals surface area contributed by atoms with Gasteiger partial charge >= 0.3 is 5.97 Å². The molecule has 0 amide bonds. The van der Waals surface area contributed by atoms with Crippen LogP contribution in [0.1, 0.15) is 12.8 Å². The van der Waals surface area contributed by atoms with Crippen LogP contribution in [0.15, 0.2) is 12.7 Å². The number of nitrogens with zero attached hydrogens (tertiary/aromatic N) is 1. The molecule has 1 aliphatic rings. The van der Waals surface area contributed by atoms with Crippen molar-refractivity contribution in [1.82, 2.24) is 4.90 Å². The number of hydrogen-bond donors (Lipinski definition) is 1. The zero-order chi connectivity index (χ0) is 12.2. The zero-order valence-corrected chi connectivity index (χ0v) is 9.95. The molecule has 0 aromatic rings. The minimum atomic E-state index is -3.00. The summed E-state index contributed by atoms with van der Waals surface area (Å²) in [5.74, 6) is -0.656. The Balaban J connectivity index is 2.69. The third-order valence-corrected chi connectivity index (χ3v) is 4.46.